The molecule has 0 aromatic carbocycles. The van der Waals surface area contributed by atoms with E-state index in [0.717, 1.165) is 0 Å². The fourth-order valence-electron chi connectivity index (χ4n) is 1.63. The predicted molar refractivity (Wildman–Crippen MR) is 63.2 cm³/mol. The minimum atomic E-state index is 0.260. The van der Waals surface area contributed by atoms with E-state index in [1.54, 1.807) is 13.1 Å². The van der Waals surface area contributed by atoms with E-state index in [2.05, 4.69) is 33.1 Å². The number of pyridine rings is 1. The molecular formula is C12H16N4O. The SMILES string of the molecule is Cc1nnc(CN(C)C(C)c2cccnc2)o1. The molecule has 0 aliphatic heterocycles. The van der Waals surface area contributed by atoms with Crippen molar-refractivity contribution in [3.05, 3.63) is 41.9 Å². The van der Waals surface area contributed by atoms with Gasteiger partial charge >= 0.3 is 0 Å². The van der Waals surface area contributed by atoms with E-state index >= 15 is 0 Å². The number of hydrogen-bond donors (Lipinski definition) is 0. The lowest BCUT2D eigenvalue weighted by atomic mass is 10.1. The molecule has 5 heteroatoms. The Morgan fingerprint density at radius 1 is 1.41 bits per heavy atom. The van der Waals surface area contributed by atoms with Crippen LogP contribution in [0.5, 0.6) is 0 Å². The van der Waals surface area contributed by atoms with Crippen LogP contribution < -0.4 is 0 Å². The van der Waals surface area contributed by atoms with Gasteiger partial charge in [-0.2, -0.15) is 0 Å². The van der Waals surface area contributed by atoms with Gasteiger partial charge in [-0.25, -0.2) is 0 Å². The van der Waals surface area contributed by atoms with Gasteiger partial charge in [-0.15, -0.1) is 10.2 Å². The molecule has 5 nitrogen and oxygen atoms in total. The number of aromatic nitrogens is 3. The Kier molecular flexibility index (Phi) is 3.49. The smallest absolute Gasteiger partial charge is 0.230 e. The molecule has 0 saturated carbocycles. The van der Waals surface area contributed by atoms with Crippen molar-refractivity contribution < 1.29 is 4.42 Å². The summed E-state index contributed by atoms with van der Waals surface area (Å²) in [6.07, 6.45) is 3.65. The maximum atomic E-state index is 5.36. The summed E-state index contributed by atoms with van der Waals surface area (Å²) >= 11 is 0. The Hall–Kier alpha value is -1.75. The summed E-state index contributed by atoms with van der Waals surface area (Å²) in [7, 11) is 2.02. The van der Waals surface area contributed by atoms with E-state index in [4.69, 9.17) is 4.42 Å². The highest BCUT2D eigenvalue weighted by Gasteiger charge is 2.14. The Morgan fingerprint density at radius 2 is 2.24 bits per heavy atom. The molecule has 0 amide bonds. The van der Waals surface area contributed by atoms with Gasteiger partial charge in [-0.1, -0.05) is 6.07 Å². The standard InChI is InChI=1S/C12H16N4O/c1-9(11-5-4-6-13-7-11)16(3)8-12-15-14-10(2)17-12/h4-7,9H,8H2,1-3H3. The van der Waals surface area contributed by atoms with Crippen LogP contribution in [0, 0.1) is 6.92 Å². The van der Waals surface area contributed by atoms with Crippen LogP contribution in [0.3, 0.4) is 0 Å². The third-order valence-corrected chi connectivity index (χ3v) is 2.78. The van der Waals surface area contributed by atoms with E-state index in [-0.39, 0.29) is 6.04 Å². The van der Waals surface area contributed by atoms with Gasteiger partial charge in [-0.05, 0) is 25.6 Å². The van der Waals surface area contributed by atoms with E-state index in [9.17, 15) is 0 Å². The molecule has 0 saturated heterocycles. The molecule has 0 aliphatic carbocycles. The van der Waals surface area contributed by atoms with Gasteiger partial charge in [0.15, 0.2) is 0 Å². The van der Waals surface area contributed by atoms with Gasteiger partial charge in [0, 0.05) is 25.4 Å². The zero-order valence-corrected chi connectivity index (χ0v) is 10.3. The van der Waals surface area contributed by atoms with Gasteiger partial charge in [0.25, 0.3) is 0 Å². The summed E-state index contributed by atoms with van der Waals surface area (Å²) in [5, 5.41) is 7.80. The lowest BCUT2D eigenvalue weighted by molar-refractivity contribution is 0.226. The topological polar surface area (TPSA) is 55.1 Å². The first-order valence-electron chi connectivity index (χ1n) is 5.56. The molecule has 2 heterocycles. The molecule has 2 aromatic heterocycles. The van der Waals surface area contributed by atoms with Crippen LogP contribution in [0.15, 0.2) is 28.9 Å². The van der Waals surface area contributed by atoms with Crippen molar-refractivity contribution in [3.8, 4) is 0 Å². The molecule has 90 valence electrons. The van der Waals surface area contributed by atoms with Gasteiger partial charge < -0.3 is 4.42 Å². The first-order chi connectivity index (χ1) is 8.16. The minimum Gasteiger partial charge on any atom is -0.424 e. The monoisotopic (exact) mass is 232 g/mol. The molecule has 0 N–H and O–H groups in total. The van der Waals surface area contributed by atoms with Gasteiger partial charge in [0.05, 0.1) is 6.54 Å². The summed E-state index contributed by atoms with van der Waals surface area (Å²) < 4.78 is 5.36. The maximum absolute atomic E-state index is 5.36. The second-order valence-corrected chi connectivity index (χ2v) is 4.09. The lowest BCUT2D eigenvalue weighted by Crippen LogP contribution is -2.22. The fourth-order valence-corrected chi connectivity index (χ4v) is 1.63. The molecule has 2 aromatic rings. The maximum Gasteiger partial charge on any atom is 0.230 e. The highest BCUT2D eigenvalue weighted by molar-refractivity contribution is 5.12. The zero-order valence-electron chi connectivity index (χ0n) is 10.3. The normalized spacial score (nSPS) is 12.9. The number of aryl methyl sites for hydroxylation is 1. The minimum absolute atomic E-state index is 0.260. The second kappa shape index (κ2) is 5.05. The average Bonchev–Trinajstić information content (AvgIpc) is 2.75. The quantitative estimate of drug-likeness (QED) is 0.806. The number of hydrogen-bond acceptors (Lipinski definition) is 5. The molecule has 0 radical (unpaired) electrons. The van der Waals surface area contributed by atoms with Crippen molar-refractivity contribution in [2.24, 2.45) is 0 Å². The summed E-state index contributed by atoms with van der Waals surface area (Å²) in [6.45, 7) is 4.55. The van der Waals surface area contributed by atoms with Crippen LogP contribution in [-0.4, -0.2) is 27.1 Å². The van der Waals surface area contributed by atoms with Crippen molar-refractivity contribution in [1.82, 2.24) is 20.1 Å². The van der Waals surface area contributed by atoms with Crippen LogP contribution in [0.1, 0.15) is 30.3 Å². The van der Waals surface area contributed by atoms with Gasteiger partial charge in [0.2, 0.25) is 11.8 Å². The first kappa shape index (κ1) is 11.7. The molecule has 1 atom stereocenters. The third kappa shape index (κ3) is 2.88. The summed E-state index contributed by atoms with van der Waals surface area (Å²) in [6, 6.07) is 4.26. The Morgan fingerprint density at radius 3 is 2.82 bits per heavy atom. The van der Waals surface area contributed by atoms with Gasteiger partial charge in [-0.3, -0.25) is 9.88 Å². The van der Waals surface area contributed by atoms with Crippen LogP contribution in [0.4, 0.5) is 0 Å². The molecule has 0 spiro atoms. The molecule has 0 bridgehead atoms. The third-order valence-electron chi connectivity index (χ3n) is 2.78. The highest BCUT2D eigenvalue weighted by atomic mass is 16.4. The largest absolute Gasteiger partial charge is 0.424 e. The number of rotatable bonds is 4. The van der Waals surface area contributed by atoms with Crippen molar-refractivity contribution in [2.45, 2.75) is 26.4 Å². The van der Waals surface area contributed by atoms with Crippen LogP contribution in [0.25, 0.3) is 0 Å². The Labute approximate surface area is 100 Å². The molecule has 17 heavy (non-hydrogen) atoms. The molecule has 1 unspecified atom stereocenters. The number of nitrogens with zero attached hydrogens (tertiary/aromatic N) is 4. The molecule has 0 fully saturated rings. The second-order valence-electron chi connectivity index (χ2n) is 4.09. The predicted octanol–water partition coefficient (Wildman–Crippen LogP) is 1.97. The Balaban J connectivity index is 2.03. The first-order valence-corrected chi connectivity index (χ1v) is 5.56. The summed E-state index contributed by atoms with van der Waals surface area (Å²) in [4.78, 5) is 6.26. The lowest BCUT2D eigenvalue weighted by Gasteiger charge is -2.22. The molecular weight excluding hydrogens is 216 g/mol. The van der Waals surface area contributed by atoms with Crippen LogP contribution >= 0.6 is 0 Å². The van der Waals surface area contributed by atoms with E-state index in [1.807, 2.05) is 19.3 Å². The average molecular weight is 232 g/mol. The fraction of sp³-hybridized carbons (Fsp3) is 0.417. The highest BCUT2D eigenvalue weighted by Crippen LogP contribution is 2.18. The zero-order chi connectivity index (χ0) is 12.3. The van der Waals surface area contributed by atoms with E-state index in [0.29, 0.717) is 18.3 Å². The summed E-state index contributed by atoms with van der Waals surface area (Å²) in [5.74, 6) is 1.24. The van der Waals surface area contributed by atoms with Crippen molar-refractivity contribution >= 4 is 0 Å². The van der Waals surface area contributed by atoms with E-state index in [1.165, 1.54) is 5.56 Å². The molecule has 2 rings (SSSR count). The molecule has 0 aliphatic rings. The van der Waals surface area contributed by atoms with Crippen molar-refractivity contribution in [2.75, 3.05) is 7.05 Å². The van der Waals surface area contributed by atoms with Crippen molar-refractivity contribution in [3.63, 3.8) is 0 Å². The Bertz CT molecular complexity index is 468. The van der Waals surface area contributed by atoms with Crippen LogP contribution in [0.2, 0.25) is 0 Å². The summed E-state index contributed by atoms with van der Waals surface area (Å²) in [5.41, 5.74) is 1.17. The van der Waals surface area contributed by atoms with E-state index < -0.39 is 0 Å². The van der Waals surface area contributed by atoms with Crippen LogP contribution in [-0.2, 0) is 6.54 Å². The van der Waals surface area contributed by atoms with Gasteiger partial charge in [0.1, 0.15) is 0 Å². The van der Waals surface area contributed by atoms with Crippen molar-refractivity contribution in [1.29, 1.82) is 0 Å².